The SMILES string of the molecule is CCCc1c(C(=O)c2ccccc2)[nH]c(N)c1C#N. The summed E-state index contributed by atoms with van der Waals surface area (Å²) in [5, 5.41) is 9.13. The molecule has 0 spiro atoms. The van der Waals surface area contributed by atoms with Crippen LogP contribution in [-0.4, -0.2) is 10.8 Å². The highest BCUT2D eigenvalue weighted by Gasteiger charge is 2.21. The minimum Gasteiger partial charge on any atom is -0.384 e. The number of hydrogen-bond donors (Lipinski definition) is 2. The van der Waals surface area contributed by atoms with Gasteiger partial charge in [-0.25, -0.2) is 0 Å². The minimum atomic E-state index is -0.128. The normalized spacial score (nSPS) is 10.1. The number of nitriles is 1. The maximum absolute atomic E-state index is 12.4. The number of rotatable bonds is 4. The molecule has 0 saturated heterocycles. The number of nitrogen functional groups attached to an aromatic ring is 1. The Bertz CT molecular complexity index is 635. The van der Waals surface area contributed by atoms with Crippen LogP contribution in [0.3, 0.4) is 0 Å². The average Bonchev–Trinajstić information content (AvgIpc) is 2.75. The van der Waals surface area contributed by atoms with Gasteiger partial charge in [0.15, 0.2) is 0 Å². The maximum atomic E-state index is 12.4. The Hall–Kier alpha value is -2.54. The van der Waals surface area contributed by atoms with Crippen molar-refractivity contribution in [2.24, 2.45) is 0 Å². The van der Waals surface area contributed by atoms with Crippen molar-refractivity contribution in [2.45, 2.75) is 19.8 Å². The fourth-order valence-electron chi connectivity index (χ4n) is 2.12. The number of carbonyl (C=O) groups is 1. The Kier molecular flexibility index (Phi) is 3.67. The average molecular weight is 253 g/mol. The fraction of sp³-hybridized carbons (Fsp3) is 0.200. The second kappa shape index (κ2) is 5.40. The molecule has 0 unspecified atom stereocenters. The Balaban J connectivity index is 2.51. The number of nitrogens with one attached hydrogen (secondary N) is 1. The molecule has 0 amide bonds. The summed E-state index contributed by atoms with van der Waals surface area (Å²) < 4.78 is 0. The topological polar surface area (TPSA) is 82.7 Å². The number of benzene rings is 1. The number of nitrogens with zero attached hydrogens (tertiary/aromatic N) is 1. The van der Waals surface area contributed by atoms with Gasteiger partial charge in [-0.1, -0.05) is 43.7 Å². The third-order valence-corrected chi connectivity index (χ3v) is 3.01. The third-order valence-electron chi connectivity index (χ3n) is 3.01. The summed E-state index contributed by atoms with van der Waals surface area (Å²) in [6, 6.07) is 11.0. The van der Waals surface area contributed by atoms with Crippen molar-refractivity contribution in [2.75, 3.05) is 5.73 Å². The van der Waals surface area contributed by atoms with E-state index in [4.69, 9.17) is 11.0 Å². The molecule has 2 rings (SSSR count). The van der Waals surface area contributed by atoms with Crippen molar-refractivity contribution in [3.8, 4) is 6.07 Å². The Morgan fingerprint density at radius 3 is 2.63 bits per heavy atom. The third kappa shape index (κ3) is 2.36. The number of nitrogens with two attached hydrogens (primary N) is 1. The molecule has 0 aliphatic rings. The van der Waals surface area contributed by atoms with Crippen molar-refractivity contribution in [1.82, 2.24) is 4.98 Å². The van der Waals surface area contributed by atoms with Crippen molar-refractivity contribution in [3.63, 3.8) is 0 Å². The molecular formula is C15H15N3O. The molecule has 4 heteroatoms. The fourth-order valence-corrected chi connectivity index (χ4v) is 2.12. The van der Waals surface area contributed by atoms with E-state index in [1.807, 2.05) is 25.1 Å². The summed E-state index contributed by atoms with van der Waals surface area (Å²) >= 11 is 0. The van der Waals surface area contributed by atoms with E-state index in [1.54, 1.807) is 12.1 Å². The van der Waals surface area contributed by atoms with E-state index < -0.39 is 0 Å². The number of hydrogen-bond acceptors (Lipinski definition) is 3. The van der Waals surface area contributed by atoms with Crippen LogP contribution in [0.15, 0.2) is 30.3 Å². The molecule has 96 valence electrons. The number of H-pyrrole nitrogens is 1. The first-order valence-corrected chi connectivity index (χ1v) is 6.19. The molecule has 1 heterocycles. The van der Waals surface area contributed by atoms with Crippen molar-refractivity contribution >= 4 is 11.6 Å². The molecule has 0 aliphatic carbocycles. The predicted molar refractivity (Wildman–Crippen MR) is 73.8 cm³/mol. The van der Waals surface area contributed by atoms with Gasteiger partial charge >= 0.3 is 0 Å². The van der Waals surface area contributed by atoms with E-state index in [-0.39, 0.29) is 11.6 Å². The molecule has 3 N–H and O–H groups in total. The number of ketones is 1. The van der Waals surface area contributed by atoms with Crippen LogP contribution in [0.4, 0.5) is 5.82 Å². The first-order valence-electron chi connectivity index (χ1n) is 6.19. The molecule has 4 nitrogen and oxygen atoms in total. The van der Waals surface area contributed by atoms with Crippen LogP contribution < -0.4 is 5.73 Å². The first kappa shape index (κ1) is 12.9. The van der Waals surface area contributed by atoms with Crippen LogP contribution in [0, 0.1) is 11.3 Å². The predicted octanol–water partition coefficient (Wildman–Crippen LogP) is 2.65. The van der Waals surface area contributed by atoms with E-state index in [0.29, 0.717) is 23.2 Å². The van der Waals surface area contributed by atoms with Gasteiger partial charge < -0.3 is 10.7 Å². The lowest BCUT2D eigenvalue weighted by Gasteiger charge is -2.02. The van der Waals surface area contributed by atoms with Gasteiger partial charge in [0.05, 0.1) is 11.3 Å². The molecule has 19 heavy (non-hydrogen) atoms. The lowest BCUT2D eigenvalue weighted by atomic mass is 10.0. The second-order valence-electron chi connectivity index (χ2n) is 4.32. The molecule has 0 saturated carbocycles. The molecular weight excluding hydrogens is 238 g/mol. The largest absolute Gasteiger partial charge is 0.384 e. The summed E-state index contributed by atoms with van der Waals surface area (Å²) in [5.74, 6) is 0.141. The smallest absolute Gasteiger partial charge is 0.209 e. The first-order chi connectivity index (χ1) is 9.19. The zero-order chi connectivity index (χ0) is 13.8. The Labute approximate surface area is 111 Å². The van der Waals surface area contributed by atoms with Crippen LogP contribution >= 0.6 is 0 Å². The van der Waals surface area contributed by atoms with Gasteiger partial charge in [-0.05, 0) is 6.42 Å². The van der Waals surface area contributed by atoms with E-state index in [0.717, 1.165) is 12.0 Å². The molecule has 2 aromatic rings. The summed E-state index contributed by atoms with van der Waals surface area (Å²) in [6.07, 6.45) is 1.51. The van der Waals surface area contributed by atoms with Crippen molar-refractivity contribution in [1.29, 1.82) is 5.26 Å². The minimum absolute atomic E-state index is 0.128. The molecule has 0 fully saturated rings. The van der Waals surface area contributed by atoms with Crippen molar-refractivity contribution < 1.29 is 4.79 Å². The molecule has 1 aromatic heterocycles. The van der Waals surface area contributed by atoms with Gasteiger partial charge in [0.25, 0.3) is 0 Å². The van der Waals surface area contributed by atoms with Crippen LogP contribution in [0.25, 0.3) is 0 Å². The highest BCUT2D eigenvalue weighted by molar-refractivity contribution is 6.09. The standard InChI is InChI=1S/C15H15N3O/c1-2-6-11-12(9-16)15(17)18-13(11)14(19)10-7-4-3-5-8-10/h3-5,7-8,18H,2,6,17H2,1H3. The number of anilines is 1. The van der Waals surface area contributed by atoms with E-state index >= 15 is 0 Å². The van der Waals surface area contributed by atoms with Gasteiger partial charge in [-0.3, -0.25) is 4.79 Å². The zero-order valence-electron chi connectivity index (χ0n) is 10.7. The molecule has 1 aromatic carbocycles. The van der Waals surface area contributed by atoms with Crippen LogP contribution in [0.5, 0.6) is 0 Å². The second-order valence-corrected chi connectivity index (χ2v) is 4.32. The van der Waals surface area contributed by atoms with E-state index in [9.17, 15) is 4.79 Å². The summed E-state index contributed by atoms with van der Waals surface area (Å²) in [6.45, 7) is 2.00. The summed E-state index contributed by atoms with van der Waals surface area (Å²) in [7, 11) is 0. The van der Waals surface area contributed by atoms with Gasteiger partial charge in [0.1, 0.15) is 11.9 Å². The number of aromatic nitrogens is 1. The lowest BCUT2D eigenvalue weighted by molar-refractivity contribution is 0.103. The van der Waals surface area contributed by atoms with Gasteiger partial charge in [-0.15, -0.1) is 0 Å². The maximum Gasteiger partial charge on any atom is 0.209 e. The highest BCUT2D eigenvalue weighted by Crippen LogP contribution is 2.24. The molecule has 0 radical (unpaired) electrons. The Morgan fingerprint density at radius 1 is 1.37 bits per heavy atom. The van der Waals surface area contributed by atoms with Gasteiger partial charge in [0, 0.05) is 11.1 Å². The molecule has 0 aliphatic heterocycles. The van der Waals surface area contributed by atoms with Crippen molar-refractivity contribution in [3.05, 3.63) is 52.7 Å². The summed E-state index contributed by atoms with van der Waals surface area (Å²) in [5.41, 5.74) is 7.90. The van der Waals surface area contributed by atoms with Gasteiger partial charge in [-0.2, -0.15) is 5.26 Å². The Morgan fingerprint density at radius 2 is 2.05 bits per heavy atom. The van der Waals surface area contributed by atoms with Crippen LogP contribution in [0.1, 0.15) is 40.5 Å². The van der Waals surface area contributed by atoms with E-state index in [1.165, 1.54) is 0 Å². The summed E-state index contributed by atoms with van der Waals surface area (Å²) in [4.78, 5) is 15.3. The monoisotopic (exact) mass is 253 g/mol. The van der Waals surface area contributed by atoms with Gasteiger partial charge in [0.2, 0.25) is 5.78 Å². The highest BCUT2D eigenvalue weighted by atomic mass is 16.1. The zero-order valence-corrected chi connectivity index (χ0v) is 10.7. The number of carbonyl (C=O) groups excluding carboxylic acids is 1. The molecule has 0 atom stereocenters. The lowest BCUT2D eigenvalue weighted by Crippen LogP contribution is -2.05. The number of aromatic amines is 1. The van der Waals surface area contributed by atoms with Crippen LogP contribution in [0.2, 0.25) is 0 Å². The van der Waals surface area contributed by atoms with E-state index in [2.05, 4.69) is 11.1 Å². The molecule has 0 bridgehead atoms. The van der Waals surface area contributed by atoms with Crippen LogP contribution in [-0.2, 0) is 6.42 Å². The quantitative estimate of drug-likeness (QED) is 0.822.